The Bertz CT molecular complexity index is 387. The Morgan fingerprint density at radius 2 is 2.18 bits per heavy atom. The quantitative estimate of drug-likeness (QED) is 0.625. The van der Waals surface area contributed by atoms with E-state index in [4.69, 9.17) is 4.74 Å². The number of carbonyl (C=O) groups is 2. The number of esters is 1. The fourth-order valence-electron chi connectivity index (χ4n) is 1.31. The van der Waals surface area contributed by atoms with Gasteiger partial charge in [-0.15, -0.1) is 11.3 Å². The number of ether oxygens (including phenoxy) is 1. The predicted molar refractivity (Wildman–Crippen MR) is 67.3 cm³/mol. The van der Waals surface area contributed by atoms with Crippen LogP contribution in [-0.2, 0) is 16.0 Å². The molecule has 1 N–H and O–H groups in total. The van der Waals surface area contributed by atoms with Crippen LogP contribution in [0.4, 0.5) is 0 Å². The summed E-state index contributed by atoms with van der Waals surface area (Å²) in [7, 11) is 0. The number of hydrogen-bond donors (Lipinski definition) is 1. The Morgan fingerprint density at radius 1 is 1.41 bits per heavy atom. The van der Waals surface area contributed by atoms with Crippen LogP contribution < -0.4 is 5.32 Å². The number of thiophene rings is 1. The third-order valence-electron chi connectivity index (χ3n) is 2.07. The lowest BCUT2D eigenvalue weighted by molar-refractivity contribution is -0.119. The number of nitrogens with one attached hydrogen (secondary N) is 1. The Kier molecular flexibility index (Phi) is 5.69. The lowest BCUT2D eigenvalue weighted by Crippen LogP contribution is -2.25. The molecule has 0 saturated heterocycles. The molecule has 1 heterocycles. The smallest absolute Gasteiger partial charge is 0.348 e. The molecular weight excluding hydrogens is 238 g/mol. The molecule has 0 fully saturated rings. The average molecular weight is 255 g/mol. The minimum Gasteiger partial charge on any atom is -0.460 e. The van der Waals surface area contributed by atoms with E-state index in [9.17, 15) is 9.59 Å². The molecule has 17 heavy (non-hydrogen) atoms. The molecular formula is C12H17NO3S. The summed E-state index contributed by atoms with van der Waals surface area (Å²) < 4.78 is 5.03. The molecule has 0 aliphatic carbocycles. The molecule has 4 nitrogen and oxygen atoms in total. The van der Waals surface area contributed by atoms with Crippen molar-refractivity contribution in [2.45, 2.75) is 26.7 Å². The van der Waals surface area contributed by atoms with E-state index in [1.807, 2.05) is 6.07 Å². The van der Waals surface area contributed by atoms with Crippen molar-refractivity contribution in [2.24, 2.45) is 0 Å². The van der Waals surface area contributed by atoms with Crippen LogP contribution in [0.2, 0.25) is 0 Å². The van der Waals surface area contributed by atoms with Gasteiger partial charge in [0.1, 0.15) is 11.5 Å². The molecule has 0 saturated carbocycles. The molecule has 94 valence electrons. The lowest BCUT2D eigenvalue weighted by atomic mass is 10.3. The highest BCUT2D eigenvalue weighted by molar-refractivity contribution is 7.13. The van der Waals surface area contributed by atoms with Gasteiger partial charge < -0.3 is 10.1 Å². The zero-order valence-corrected chi connectivity index (χ0v) is 10.9. The van der Waals surface area contributed by atoms with Crippen molar-refractivity contribution in [3.05, 3.63) is 21.9 Å². The van der Waals surface area contributed by atoms with E-state index in [0.29, 0.717) is 11.4 Å². The summed E-state index contributed by atoms with van der Waals surface area (Å²) in [6, 6.07) is 3.75. The maximum Gasteiger partial charge on any atom is 0.348 e. The van der Waals surface area contributed by atoms with E-state index in [2.05, 4.69) is 12.2 Å². The van der Waals surface area contributed by atoms with Crippen LogP contribution in [0.1, 0.15) is 34.8 Å². The second kappa shape index (κ2) is 7.06. The third kappa shape index (κ3) is 4.99. The first kappa shape index (κ1) is 13.7. The van der Waals surface area contributed by atoms with E-state index in [1.54, 1.807) is 6.07 Å². The maximum atomic E-state index is 11.6. The van der Waals surface area contributed by atoms with Crippen molar-refractivity contribution in [1.29, 1.82) is 0 Å². The molecule has 0 spiro atoms. The van der Waals surface area contributed by atoms with Crippen molar-refractivity contribution < 1.29 is 14.3 Å². The summed E-state index contributed by atoms with van der Waals surface area (Å²) in [5.74, 6) is -0.440. The lowest BCUT2D eigenvalue weighted by Gasteiger charge is -2.03. The van der Waals surface area contributed by atoms with E-state index < -0.39 is 0 Å². The molecule has 1 rings (SSSR count). The van der Waals surface area contributed by atoms with Gasteiger partial charge in [-0.1, -0.05) is 13.3 Å². The fraction of sp³-hybridized carbons (Fsp3) is 0.500. The molecule has 0 aliphatic heterocycles. The Hall–Kier alpha value is -1.36. The fourth-order valence-corrected chi connectivity index (χ4v) is 2.31. The highest BCUT2D eigenvalue weighted by Gasteiger charge is 2.10. The normalized spacial score (nSPS) is 10.0. The van der Waals surface area contributed by atoms with Gasteiger partial charge >= 0.3 is 5.97 Å². The molecule has 1 amide bonds. The summed E-state index contributed by atoms with van der Waals surface area (Å²) >= 11 is 1.47. The second-order valence-corrected chi connectivity index (χ2v) is 4.80. The SMILES string of the molecule is CCCc1ccc(C(=O)OCCNC(C)=O)s1. The summed E-state index contributed by atoms with van der Waals surface area (Å²) in [4.78, 5) is 24.0. The largest absolute Gasteiger partial charge is 0.460 e. The van der Waals surface area contributed by atoms with Gasteiger partial charge in [0, 0.05) is 11.8 Å². The van der Waals surface area contributed by atoms with Gasteiger partial charge in [-0.2, -0.15) is 0 Å². The van der Waals surface area contributed by atoms with Gasteiger partial charge in [0.15, 0.2) is 0 Å². The van der Waals surface area contributed by atoms with Gasteiger partial charge in [-0.25, -0.2) is 4.79 Å². The van der Waals surface area contributed by atoms with Crippen molar-refractivity contribution in [3.8, 4) is 0 Å². The number of aryl methyl sites for hydroxylation is 1. The van der Waals surface area contributed by atoms with Crippen LogP contribution in [0.3, 0.4) is 0 Å². The van der Waals surface area contributed by atoms with E-state index in [1.165, 1.54) is 23.1 Å². The zero-order valence-electron chi connectivity index (χ0n) is 10.1. The Morgan fingerprint density at radius 3 is 2.82 bits per heavy atom. The molecule has 0 aliphatic rings. The number of carbonyl (C=O) groups excluding carboxylic acids is 2. The average Bonchev–Trinajstić information content (AvgIpc) is 2.73. The van der Waals surface area contributed by atoms with Crippen LogP contribution in [0, 0.1) is 0 Å². The van der Waals surface area contributed by atoms with Gasteiger partial charge in [0.2, 0.25) is 5.91 Å². The Balaban J connectivity index is 2.33. The maximum absolute atomic E-state index is 11.6. The highest BCUT2D eigenvalue weighted by atomic mass is 32.1. The third-order valence-corrected chi connectivity index (χ3v) is 3.19. The molecule has 0 atom stereocenters. The van der Waals surface area contributed by atoms with Crippen LogP contribution in [0.25, 0.3) is 0 Å². The van der Waals surface area contributed by atoms with Gasteiger partial charge in [-0.05, 0) is 18.6 Å². The topological polar surface area (TPSA) is 55.4 Å². The minimum absolute atomic E-state index is 0.123. The summed E-state index contributed by atoms with van der Waals surface area (Å²) in [5, 5.41) is 2.57. The van der Waals surface area contributed by atoms with Crippen LogP contribution >= 0.6 is 11.3 Å². The second-order valence-electron chi connectivity index (χ2n) is 3.63. The zero-order chi connectivity index (χ0) is 12.7. The van der Waals surface area contributed by atoms with Gasteiger partial charge in [0.05, 0.1) is 6.54 Å². The van der Waals surface area contributed by atoms with Crippen molar-refractivity contribution in [2.75, 3.05) is 13.2 Å². The Labute approximate surface area is 105 Å². The monoisotopic (exact) mass is 255 g/mol. The van der Waals surface area contributed by atoms with Crippen LogP contribution in [0.15, 0.2) is 12.1 Å². The van der Waals surface area contributed by atoms with Crippen molar-refractivity contribution in [3.63, 3.8) is 0 Å². The van der Waals surface area contributed by atoms with Crippen LogP contribution in [0.5, 0.6) is 0 Å². The van der Waals surface area contributed by atoms with E-state index in [0.717, 1.165) is 12.8 Å². The number of rotatable bonds is 6. The molecule has 0 radical (unpaired) electrons. The molecule has 1 aromatic heterocycles. The van der Waals surface area contributed by atoms with Crippen LogP contribution in [-0.4, -0.2) is 25.0 Å². The molecule has 0 aromatic carbocycles. The predicted octanol–water partition coefficient (Wildman–Crippen LogP) is 1.99. The first-order valence-corrected chi connectivity index (χ1v) is 6.45. The number of amides is 1. The van der Waals surface area contributed by atoms with E-state index >= 15 is 0 Å². The summed E-state index contributed by atoms with van der Waals surface area (Å²) in [6.45, 7) is 4.09. The van der Waals surface area contributed by atoms with Crippen molar-refractivity contribution in [1.82, 2.24) is 5.32 Å². The van der Waals surface area contributed by atoms with Gasteiger partial charge in [0.25, 0.3) is 0 Å². The molecule has 0 bridgehead atoms. The van der Waals surface area contributed by atoms with Crippen molar-refractivity contribution >= 4 is 23.2 Å². The van der Waals surface area contributed by atoms with E-state index in [-0.39, 0.29) is 18.5 Å². The highest BCUT2D eigenvalue weighted by Crippen LogP contribution is 2.18. The molecule has 1 aromatic rings. The summed E-state index contributed by atoms with van der Waals surface area (Å²) in [5.41, 5.74) is 0. The minimum atomic E-state index is -0.317. The first-order valence-electron chi connectivity index (χ1n) is 5.63. The number of hydrogen-bond acceptors (Lipinski definition) is 4. The standard InChI is InChI=1S/C12H17NO3S/c1-3-4-10-5-6-11(17-10)12(15)16-8-7-13-9(2)14/h5-6H,3-4,7-8H2,1-2H3,(H,13,14). The summed E-state index contributed by atoms with van der Waals surface area (Å²) in [6.07, 6.45) is 2.06. The van der Waals surface area contributed by atoms with Gasteiger partial charge in [-0.3, -0.25) is 4.79 Å². The first-order chi connectivity index (χ1) is 8.13. The molecule has 5 heteroatoms. The molecule has 0 unspecified atom stereocenters.